The van der Waals surface area contributed by atoms with Crippen LogP contribution in [-0.2, 0) is 21.4 Å². The third-order valence-corrected chi connectivity index (χ3v) is 7.07. The van der Waals surface area contributed by atoms with Crippen LogP contribution in [0.1, 0.15) is 18.7 Å². The predicted octanol–water partition coefficient (Wildman–Crippen LogP) is 3.12. The lowest BCUT2D eigenvalue weighted by Crippen LogP contribution is -2.37. The fourth-order valence-corrected chi connectivity index (χ4v) is 4.29. The number of hydrogen-bond acceptors (Lipinski definition) is 7. The molecule has 0 unspecified atom stereocenters. The zero-order chi connectivity index (χ0) is 24.3. The van der Waals surface area contributed by atoms with E-state index in [1.807, 2.05) is 0 Å². The molecule has 11 heteroatoms. The Labute approximate surface area is 197 Å². The van der Waals surface area contributed by atoms with Gasteiger partial charge in [0.25, 0.3) is 0 Å². The Morgan fingerprint density at radius 1 is 1.21 bits per heavy atom. The maximum Gasteiger partial charge on any atom is 0.241 e. The van der Waals surface area contributed by atoms with Gasteiger partial charge in [0.2, 0.25) is 27.6 Å². The van der Waals surface area contributed by atoms with Crippen LogP contribution >= 0.6 is 0 Å². The van der Waals surface area contributed by atoms with Crippen molar-refractivity contribution in [3.8, 4) is 11.4 Å². The van der Waals surface area contributed by atoms with E-state index < -0.39 is 10.0 Å². The summed E-state index contributed by atoms with van der Waals surface area (Å²) in [5, 5.41) is 6.87. The molecule has 0 bridgehead atoms. The van der Waals surface area contributed by atoms with Gasteiger partial charge < -0.3 is 9.84 Å². The Kier molecular flexibility index (Phi) is 6.94. The second-order valence-electron chi connectivity index (χ2n) is 8.34. The van der Waals surface area contributed by atoms with E-state index in [4.69, 9.17) is 4.52 Å². The van der Waals surface area contributed by atoms with Gasteiger partial charge in [-0.1, -0.05) is 11.2 Å². The highest BCUT2D eigenvalue weighted by atomic mass is 32.2. The van der Waals surface area contributed by atoms with Gasteiger partial charge in [-0.05, 0) is 68.4 Å². The van der Waals surface area contributed by atoms with Crippen LogP contribution in [0.2, 0.25) is 0 Å². The molecule has 1 N–H and O–H groups in total. The topological polar surface area (TPSA) is 109 Å². The van der Waals surface area contributed by atoms with Gasteiger partial charge in [-0.25, -0.2) is 12.8 Å². The molecule has 1 aromatic heterocycles. The molecule has 2 heterocycles. The van der Waals surface area contributed by atoms with Crippen molar-refractivity contribution in [1.29, 1.82) is 0 Å². The van der Waals surface area contributed by atoms with Gasteiger partial charge in [0.15, 0.2) is 0 Å². The van der Waals surface area contributed by atoms with Crippen molar-refractivity contribution in [3.63, 3.8) is 0 Å². The number of benzene rings is 2. The van der Waals surface area contributed by atoms with Crippen LogP contribution < -0.4 is 9.62 Å². The average molecular weight is 488 g/mol. The quantitative estimate of drug-likeness (QED) is 0.545. The number of nitrogens with zero attached hydrogens (tertiary/aromatic N) is 4. The van der Waals surface area contributed by atoms with Crippen molar-refractivity contribution in [2.75, 3.05) is 36.0 Å². The van der Waals surface area contributed by atoms with Gasteiger partial charge in [0.1, 0.15) is 5.82 Å². The minimum Gasteiger partial charge on any atom is -0.338 e. The summed E-state index contributed by atoms with van der Waals surface area (Å²) >= 11 is 0. The minimum atomic E-state index is -3.39. The molecule has 0 atom stereocenters. The standard InChI is InChI=1S/C23H26FN5O4S/c1-28(34(2,31)32)20-5-3-4-19(14-20)25-23(30)17-10-12-29(13-11-17)15-21-26-22(27-33-21)16-6-8-18(24)9-7-16/h3-9,14,17H,10-13,15H2,1-2H3,(H,25,30). The molecule has 180 valence electrons. The smallest absolute Gasteiger partial charge is 0.241 e. The number of hydrogen-bond donors (Lipinski definition) is 1. The average Bonchev–Trinajstić information content (AvgIpc) is 3.27. The van der Waals surface area contributed by atoms with Crippen LogP contribution in [0.25, 0.3) is 11.4 Å². The van der Waals surface area contributed by atoms with Gasteiger partial charge >= 0.3 is 0 Å². The zero-order valence-electron chi connectivity index (χ0n) is 18.9. The fourth-order valence-electron chi connectivity index (χ4n) is 3.80. The number of amides is 1. The third-order valence-electron chi connectivity index (χ3n) is 5.86. The van der Waals surface area contributed by atoms with Crippen LogP contribution in [0.3, 0.4) is 0 Å². The molecule has 1 aliphatic heterocycles. The molecule has 3 aromatic rings. The highest BCUT2D eigenvalue weighted by Gasteiger charge is 2.26. The summed E-state index contributed by atoms with van der Waals surface area (Å²) in [6.07, 6.45) is 2.48. The van der Waals surface area contributed by atoms with Crippen molar-refractivity contribution < 1.29 is 22.1 Å². The number of sulfonamides is 1. The molecule has 1 aliphatic rings. The van der Waals surface area contributed by atoms with Crippen molar-refractivity contribution in [2.45, 2.75) is 19.4 Å². The minimum absolute atomic E-state index is 0.0878. The normalized spacial score (nSPS) is 15.3. The van der Waals surface area contributed by atoms with Crippen molar-refractivity contribution in [3.05, 3.63) is 60.2 Å². The van der Waals surface area contributed by atoms with Crippen molar-refractivity contribution in [1.82, 2.24) is 15.0 Å². The fraction of sp³-hybridized carbons (Fsp3) is 0.348. The highest BCUT2D eigenvalue weighted by Crippen LogP contribution is 2.24. The van der Waals surface area contributed by atoms with E-state index in [9.17, 15) is 17.6 Å². The van der Waals surface area contributed by atoms with E-state index >= 15 is 0 Å². The second-order valence-corrected chi connectivity index (χ2v) is 10.4. The molecule has 0 saturated carbocycles. The van der Waals surface area contributed by atoms with Crippen LogP contribution in [0.4, 0.5) is 15.8 Å². The molecule has 0 aliphatic carbocycles. The van der Waals surface area contributed by atoms with E-state index in [0.29, 0.717) is 61.1 Å². The van der Waals surface area contributed by atoms with Gasteiger partial charge in [-0.3, -0.25) is 14.0 Å². The summed E-state index contributed by atoms with van der Waals surface area (Å²) in [5.41, 5.74) is 1.72. The largest absolute Gasteiger partial charge is 0.338 e. The number of nitrogens with one attached hydrogen (secondary N) is 1. The molecular formula is C23H26FN5O4S. The van der Waals surface area contributed by atoms with Crippen molar-refractivity contribution >= 4 is 27.3 Å². The Morgan fingerprint density at radius 2 is 1.91 bits per heavy atom. The van der Waals surface area contributed by atoms with Crippen LogP contribution in [0.15, 0.2) is 53.1 Å². The first-order valence-corrected chi connectivity index (χ1v) is 12.7. The van der Waals surface area contributed by atoms with E-state index in [2.05, 4.69) is 20.4 Å². The number of likely N-dealkylation sites (tertiary alicyclic amines) is 1. The van der Waals surface area contributed by atoms with E-state index in [1.165, 1.54) is 23.5 Å². The summed E-state index contributed by atoms with van der Waals surface area (Å²) in [5.74, 6) is 0.315. The van der Waals surface area contributed by atoms with Gasteiger partial charge in [0.05, 0.1) is 18.5 Å². The first-order valence-electron chi connectivity index (χ1n) is 10.8. The predicted molar refractivity (Wildman–Crippen MR) is 126 cm³/mol. The first-order chi connectivity index (χ1) is 16.2. The molecule has 4 rings (SSSR count). The van der Waals surface area contributed by atoms with Gasteiger partial charge in [-0.2, -0.15) is 4.98 Å². The van der Waals surface area contributed by atoms with Crippen LogP contribution in [0, 0.1) is 11.7 Å². The molecule has 0 radical (unpaired) electrons. The molecule has 1 amide bonds. The molecule has 34 heavy (non-hydrogen) atoms. The monoisotopic (exact) mass is 487 g/mol. The van der Waals surface area contributed by atoms with E-state index in [0.717, 1.165) is 6.26 Å². The number of halogens is 1. The summed E-state index contributed by atoms with van der Waals surface area (Å²) in [6, 6.07) is 12.7. The molecular weight excluding hydrogens is 461 g/mol. The maximum atomic E-state index is 13.1. The summed E-state index contributed by atoms with van der Waals surface area (Å²) < 4.78 is 43.1. The Balaban J connectivity index is 1.29. The van der Waals surface area contributed by atoms with Crippen molar-refractivity contribution in [2.24, 2.45) is 5.92 Å². The number of carbonyl (C=O) groups excluding carboxylic acids is 1. The van der Waals surface area contributed by atoms with Gasteiger partial charge in [-0.15, -0.1) is 0 Å². The zero-order valence-corrected chi connectivity index (χ0v) is 19.8. The summed E-state index contributed by atoms with van der Waals surface area (Å²) in [4.78, 5) is 19.3. The lowest BCUT2D eigenvalue weighted by atomic mass is 9.96. The number of rotatable bonds is 7. The Morgan fingerprint density at radius 3 is 2.59 bits per heavy atom. The first kappa shape index (κ1) is 23.8. The van der Waals surface area contributed by atoms with Crippen LogP contribution in [-0.4, -0.2) is 55.8 Å². The lowest BCUT2D eigenvalue weighted by Gasteiger charge is -2.30. The SMILES string of the molecule is CN(c1cccc(NC(=O)C2CCN(Cc3nc(-c4ccc(F)cc4)no3)CC2)c1)S(C)(=O)=O. The van der Waals surface area contributed by atoms with E-state index in [1.54, 1.807) is 36.4 Å². The Hall–Kier alpha value is -3.31. The number of aromatic nitrogens is 2. The molecule has 1 saturated heterocycles. The number of carbonyl (C=O) groups is 1. The Bertz CT molecular complexity index is 1250. The summed E-state index contributed by atoms with van der Waals surface area (Å²) in [7, 11) is -1.92. The third kappa shape index (κ3) is 5.78. The molecule has 1 fully saturated rings. The molecule has 9 nitrogen and oxygen atoms in total. The highest BCUT2D eigenvalue weighted by molar-refractivity contribution is 7.92. The lowest BCUT2D eigenvalue weighted by molar-refractivity contribution is -0.121. The van der Waals surface area contributed by atoms with Gasteiger partial charge in [0, 0.05) is 24.2 Å². The molecule has 2 aromatic carbocycles. The molecule has 0 spiro atoms. The second kappa shape index (κ2) is 9.90. The number of anilines is 2. The number of piperidine rings is 1. The summed E-state index contributed by atoms with van der Waals surface area (Å²) in [6.45, 7) is 1.87. The maximum absolute atomic E-state index is 13.1. The van der Waals surface area contributed by atoms with E-state index in [-0.39, 0.29) is 17.6 Å². The van der Waals surface area contributed by atoms with Crippen LogP contribution in [0.5, 0.6) is 0 Å².